The first-order valence-corrected chi connectivity index (χ1v) is 9.15. The van der Waals surface area contributed by atoms with Crippen LogP contribution in [0.15, 0.2) is 0 Å². The summed E-state index contributed by atoms with van der Waals surface area (Å²) in [7, 11) is -1.00. The van der Waals surface area contributed by atoms with Crippen molar-refractivity contribution in [3.05, 3.63) is 0 Å². The summed E-state index contributed by atoms with van der Waals surface area (Å²) >= 11 is 0. The van der Waals surface area contributed by atoms with Crippen LogP contribution in [0.2, 0.25) is 0 Å². The average molecular weight is 291 g/mol. The molecular formula is C13H29N3O2S. The number of nitrogens with one attached hydrogen (secondary N) is 1. The fourth-order valence-electron chi connectivity index (χ4n) is 3.00. The predicted molar refractivity (Wildman–Crippen MR) is 79.8 cm³/mol. The van der Waals surface area contributed by atoms with Crippen LogP contribution in [0.5, 0.6) is 0 Å². The van der Waals surface area contributed by atoms with E-state index in [9.17, 15) is 8.42 Å². The van der Waals surface area contributed by atoms with Gasteiger partial charge in [-0.3, -0.25) is 4.90 Å². The molecule has 1 saturated heterocycles. The maximum absolute atomic E-state index is 11.5. The third-order valence-corrected chi connectivity index (χ3v) is 5.37. The van der Waals surface area contributed by atoms with Gasteiger partial charge in [0, 0.05) is 38.3 Å². The van der Waals surface area contributed by atoms with Crippen LogP contribution < -0.4 is 5.32 Å². The molecule has 0 spiro atoms. The first-order valence-electron chi connectivity index (χ1n) is 7.30. The van der Waals surface area contributed by atoms with E-state index in [2.05, 4.69) is 24.1 Å². The summed E-state index contributed by atoms with van der Waals surface area (Å²) < 4.78 is 24.6. The first kappa shape index (κ1) is 16.9. The molecule has 5 nitrogen and oxygen atoms in total. The summed E-state index contributed by atoms with van der Waals surface area (Å²) in [6.45, 7) is 7.35. The molecule has 1 N–H and O–H groups in total. The highest BCUT2D eigenvalue weighted by Crippen LogP contribution is 2.16. The van der Waals surface area contributed by atoms with Gasteiger partial charge in [0.25, 0.3) is 0 Å². The normalized spacial score (nSPS) is 22.3. The first-order chi connectivity index (χ1) is 8.93. The van der Waals surface area contributed by atoms with E-state index >= 15 is 0 Å². The molecule has 0 radical (unpaired) electrons. The summed E-state index contributed by atoms with van der Waals surface area (Å²) in [5.74, 6) is 0. The number of sulfonamides is 1. The Balaban J connectivity index is 2.61. The van der Waals surface area contributed by atoms with Crippen molar-refractivity contribution in [2.24, 2.45) is 0 Å². The third-order valence-electron chi connectivity index (χ3n) is 4.06. The molecule has 0 amide bonds. The summed E-state index contributed by atoms with van der Waals surface area (Å²) in [4.78, 5) is 2.44. The molecule has 1 aliphatic heterocycles. The largest absolute Gasteiger partial charge is 0.315 e. The molecule has 2 atom stereocenters. The van der Waals surface area contributed by atoms with Crippen molar-refractivity contribution < 1.29 is 8.42 Å². The second kappa shape index (κ2) is 7.57. The zero-order valence-corrected chi connectivity index (χ0v) is 13.5. The van der Waals surface area contributed by atoms with E-state index in [1.54, 1.807) is 4.31 Å². The zero-order valence-electron chi connectivity index (χ0n) is 12.7. The molecule has 0 bridgehead atoms. The molecule has 0 aromatic carbocycles. The molecule has 0 saturated carbocycles. The van der Waals surface area contributed by atoms with Gasteiger partial charge < -0.3 is 5.32 Å². The highest BCUT2D eigenvalue weighted by molar-refractivity contribution is 7.88. The Hall–Kier alpha value is -0.170. The van der Waals surface area contributed by atoms with Crippen molar-refractivity contribution in [3.8, 4) is 0 Å². The number of hydrogen-bond acceptors (Lipinski definition) is 4. The van der Waals surface area contributed by atoms with Gasteiger partial charge in [0.15, 0.2) is 0 Å². The Labute approximate surface area is 118 Å². The van der Waals surface area contributed by atoms with Crippen LogP contribution in [0.4, 0.5) is 0 Å². The number of hydrogen-bond donors (Lipinski definition) is 1. The van der Waals surface area contributed by atoms with Crippen LogP contribution in [0.1, 0.15) is 33.1 Å². The molecule has 0 aliphatic carbocycles. The monoisotopic (exact) mass is 291 g/mol. The Morgan fingerprint density at radius 1 is 1.16 bits per heavy atom. The fraction of sp³-hybridized carbons (Fsp3) is 1.00. The van der Waals surface area contributed by atoms with E-state index in [1.165, 1.54) is 19.1 Å². The molecular weight excluding hydrogens is 262 g/mol. The lowest BCUT2D eigenvalue weighted by Gasteiger charge is -2.41. The van der Waals surface area contributed by atoms with E-state index in [0.717, 1.165) is 19.5 Å². The van der Waals surface area contributed by atoms with Crippen molar-refractivity contribution in [1.82, 2.24) is 14.5 Å². The van der Waals surface area contributed by atoms with Crippen molar-refractivity contribution >= 4 is 10.0 Å². The van der Waals surface area contributed by atoms with E-state index in [1.807, 2.05) is 7.05 Å². The minimum Gasteiger partial charge on any atom is -0.315 e. The number of nitrogens with zero attached hydrogens (tertiary/aromatic N) is 2. The second-order valence-electron chi connectivity index (χ2n) is 5.36. The topological polar surface area (TPSA) is 52.6 Å². The van der Waals surface area contributed by atoms with E-state index in [0.29, 0.717) is 25.2 Å². The van der Waals surface area contributed by atoms with Crippen LogP contribution >= 0.6 is 0 Å². The molecule has 0 aromatic rings. The Bertz CT molecular complexity index is 351. The Morgan fingerprint density at radius 2 is 1.74 bits per heavy atom. The van der Waals surface area contributed by atoms with Gasteiger partial charge in [-0.15, -0.1) is 0 Å². The standard InChI is InChI=1S/C13H29N3O2S/c1-5-7-12(14-3)13(6-2)15-8-10-16(11-9-15)19(4,17)18/h12-14H,5-11H2,1-4H3. The second-order valence-corrected chi connectivity index (χ2v) is 7.34. The maximum Gasteiger partial charge on any atom is 0.211 e. The molecule has 19 heavy (non-hydrogen) atoms. The quantitative estimate of drug-likeness (QED) is 0.751. The van der Waals surface area contributed by atoms with Crippen molar-refractivity contribution in [2.45, 2.75) is 45.2 Å². The molecule has 1 fully saturated rings. The minimum atomic E-state index is -3.03. The Morgan fingerprint density at radius 3 is 2.11 bits per heavy atom. The van der Waals surface area contributed by atoms with Crippen LogP contribution in [0.3, 0.4) is 0 Å². The summed E-state index contributed by atoms with van der Waals surface area (Å²) in [6.07, 6.45) is 4.74. The van der Waals surface area contributed by atoms with Gasteiger partial charge in [-0.1, -0.05) is 20.3 Å². The fourth-order valence-corrected chi connectivity index (χ4v) is 3.83. The summed E-state index contributed by atoms with van der Waals surface area (Å²) in [6, 6.07) is 1.01. The zero-order chi connectivity index (χ0) is 14.5. The number of likely N-dealkylation sites (N-methyl/N-ethyl adjacent to an activating group) is 1. The lowest BCUT2D eigenvalue weighted by molar-refractivity contribution is 0.107. The van der Waals surface area contributed by atoms with E-state index in [4.69, 9.17) is 0 Å². The van der Waals surface area contributed by atoms with Gasteiger partial charge >= 0.3 is 0 Å². The van der Waals surface area contributed by atoms with E-state index in [-0.39, 0.29) is 0 Å². The van der Waals surface area contributed by atoms with Crippen LogP contribution in [-0.4, -0.2) is 69.2 Å². The SMILES string of the molecule is CCCC(NC)C(CC)N1CCN(S(C)(=O)=O)CC1. The van der Waals surface area contributed by atoms with Gasteiger partial charge in [-0.2, -0.15) is 4.31 Å². The van der Waals surface area contributed by atoms with Gasteiger partial charge in [0.1, 0.15) is 0 Å². The van der Waals surface area contributed by atoms with Crippen LogP contribution in [0.25, 0.3) is 0 Å². The van der Waals surface area contributed by atoms with Crippen LogP contribution in [0, 0.1) is 0 Å². The lowest BCUT2D eigenvalue weighted by atomic mass is 9.99. The molecule has 1 rings (SSSR count). The predicted octanol–water partition coefficient (Wildman–Crippen LogP) is 0.730. The average Bonchev–Trinajstić information content (AvgIpc) is 2.38. The Kier molecular flexibility index (Phi) is 6.73. The third kappa shape index (κ3) is 4.70. The number of rotatable bonds is 7. The summed E-state index contributed by atoms with van der Waals surface area (Å²) in [5, 5.41) is 3.42. The highest BCUT2D eigenvalue weighted by atomic mass is 32.2. The van der Waals surface area contributed by atoms with Gasteiger partial charge in [0.05, 0.1) is 6.26 Å². The van der Waals surface area contributed by atoms with Crippen molar-refractivity contribution in [1.29, 1.82) is 0 Å². The highest BCUT2D eigenvalue weighted by Gasteiger charge is 2.30. The van der Waals surface area contributed by atoms with Gasteiger partial charge in [-0.25, -0.2) is 8.42 Å². The van der Waals surface area contributed by atoms with Gasteiger partial charge in [-0.05, 0) is 19.9 Å². The molecule has 2 unspecified atom stereocenters. The minimum absolute atomic E-state index is 0.500. The van der Waals surface area contributed by atoms with Crippen LogP contribution in [-0.2, 0) is 10.0 Å². The smallest absolute Gasteiger partial charge is 0.211 e. The molecule has 1 aliphatic rings. The van der Waals surface area contributed by atoms with Crippen molar-refractivity contribution in [2.75, 3.05) is 39.5 Å². The van der Waals surface area contributed by atoms with Gasteiger partial charge in [0.2, 0.25) is 10.0 Å². The lowest BCUT2D eigenvalue weighted by Crippen LogP contribution is -2.56. The van der Waals surface area contributed by atoms with Crippen molar-refractivity contribution in [3.63, 3.8) is 0 Å². The van der Waals surface area contributed by atoms with E-state index < -0.39 is 10.0 Å². The molecule has 1 heterocycles. The number of piperazine rings is 1. The molecule has 114 valence electrons. The maximum atomic E-state index is 11.5. The summed E-state index contributed by atoms with van der Waals surface area (Å²) in [5.41, 5.74) is 0. The molecule has 0 aromatic heterocycles. The molecule has 6 heteroatoms.